The van der Waals surface area contributed by atoms with Gasteiger partial charge >= 0.3 is 5.97 Å². The van der Waals surface area contributed by atoms with Crippen molar-refractivity contribution in [2.75, 3.05) is 13.2 Å². The second kappa shape index (κ2) is 60.2. The zero-order valence-corrected chi connectivity index (χ0v) is 47.5. The molecule has 0 heterocycles. The molecule has 0 saturated heterocycles. The van der Waals surface area contributed by atoms with Crippen LogP contribution in [0.25, 0.3) is 0 Å². The van der Waals surface area contributed by atoms with Crippen molar-refractivity contribution in [3.8, 4) is 0 Å². The summed E-state index contributed by atoms with van der Waals surface area (Å²) in [6.07, 6.45) is 72.2. The van der Waals surface area contributed by atoms with E-state index >= 15 is 0 Å². The molecule has 2 unspecified atom stereocenters. The second-order valence-electron chi connectivity index (χ2n) is 22.1. The normalized spacial score (nSPS) is 12.6. The highest BCUT2D eigenvalue weighted by Crippen LogP contribution is 2.18. The SMILES string of the molecule is CCCCCCCCCCCCCCCCCCCCCCCC(O)C(CO)NC(=O)CCCCCCC/C=C\CCCCCCCCCOC(=O)CCCCCCCCCCCCCCCCCC. The van der Waals surface area contributed by atoms with Gasteiger partial charge in [0, 0.05) is 12.8 Å². The lowest BCUT2D eigenvalue weighted by molar-refractivity contribution is -0.143. The van der Waals surface area contributed by atoms with Gasteiger partial charge in [-0.25, -0.2) is 0 Å². The van der Waals surface area contributed by atoms with Crippen LogP contribution in [0.5, 0.6) is 0 Å². The first-order chi connectivity index (χ1) is 34.5. The van der Waals surface area contributed by atoms with Crippen LogP contribution in [-0.4, -0.2) is 47.4 Å². The Bertz CT molecular complexity index is 1050. The molecular weight excluding hydrogens is 863 g/mol. The van der Waals surface area contributed by atoms with Crippen molar-refractivity contribution in [1.82, 2.24) is 5.32 Å². The third-order valence-corrected chi connectivity index (χ3v) is 15.1. The highest BCUT2D eigenvalue weighted by Gasteiger charge is 2.20. The Hall–Kier alpha value is -1.40. The van der Waals surface area contributed by atoms with Crippen LogP contribution in [0.1, 0.15) is 361 Å². The molecular formula is C64H125NO5. The molecule has 0 rings (SSSR count). The first kappa shape index (κ1) is 68.6. The van der Waals surface area contributed by atoms with E-state index in [-0.39, 0.29) is 18.5 Å². The molecule has 416 valence electrons. The number of nitrogens with one attached hydrogen (secondary N) is 1. The van der Waals surface area contributed by atoms with Gasteiger partial charge in [-0.1, -0.05) is 309 Å². The van der Waals surface area contributed by atoms with Crippen LogP contribution >= 0.6 is 0 Å². The van der Waals surface area contributed by atoms with Crippen molar-refractivity contribution in [3.63, 3.8) is 0 Å². The number of carbonyl (C=O) groups excluding carboxylic acids is 2. The Balaban J connectivity index is 3.44. The van der Waals surface area contributed by atoms with E-state index in [4.69, 9.17) is 4.74 Å². The molecule has 0 aromatic heterocycles. The van der Waals surface area contributed by atoms with Crippen LogP contribution in [0.15, 0.2) is 12.2 Å². The van der Waals surface area contributed by atoms with Crippen LogP contribution in [0.2, 0.25) is 0 Å². The first-order valence-corrected chi connectivity index (χ1v) is 31.9. The molecule has 0 aromatic rings. The second-order valence-corrected chi connectivity index (χ2v) is 22.1. The van der Waals surface area contributed by atoms with Crippen molar-refractivity contribution in [2.45, 2.75) is 373 Å². The minimum atomic E-state index is -0.675. The predicted octanol–water partition coefficient (Wildman–Crippen LogP) is 20.0. The smallest absolute Gasteiger partial charge is 0.305 e. The number of rotatable bonds is 60. The van der Waals surface area contributed by atoms with E-state index in [1.165, 1.54) is 263 Å². The van der Waals surface area contributed by atoms with Crippen LogP contribution in [0, 0.1) is 0 Å². The molecule has 3 N–H and O–H groups in total. The number of hydrogen-bond acceptors (Lipinski definition) is 5. The van der Waals surface area contributed by atoms with E-state index < -0.39 is 12.1 Å². The summed E-state index contributed by atoms with van der Waals surface area (Å²) in [6.45, 7) is 4.97. The summed E-state index contributed by atoms with van der Waals surface area (Å²) < 4.78 is 5.48. The molecule has 1 amide bonds. The number of aliphatic hydroxyl groups is 2. The minimum Gasteiger partial charge on any atom is -0.466 e. The number of esters is 1. The average molecular weight is 989 g/mol. The van der Waals surface area contributed by atoms with E-state index in [0.29, 0.717) is 25.9 Å². The molecule has 0 radical (unpaired) electrons. The molecule has 70 heavy (non-hydrogen) atoms. The van der Waals surface area contributed by atoms with Gasteiger partial charge in [-0.2, -0.15) is 0 Å². The molecule has 0 aliphatic carbocycles. The van der Waals surface area contributed by atoms with Gasteiger partial charge in [0.1, 0.15) is 0 Å². The Labute approximate surface area is 438 Å². The highest BCUT2D eigenvalue weighted by molar-refractivity contribution is 5.76. The summed E-state index contributed by atoms with van der Waals surface area (Å²) in [5.41, 5.74) is 0. The zero-order chi connectivity index (χ0) is 50.7. The van der Waals surface area contributed by atoms with Crippen LogP contribution in [-0.2, 0) is 14.3 Å². The summed E-state index contributed by atoms with van der Waals surface area (Å²) in [4.78, 5) is 24.6. The summed E-state index contributed by atoms with van der Waals surface area (Å²) in [5.74, 6) is -0.0461. The van der Waals surface area contributed by atoms with Gasteiger partial charge in [-0.15, -0.1) is 0 Å². The molecule has 2 atom stereocenters. The number of carbonyl (C=O) groups is 2. The van der Waals surface area contributed by atoms with Crippen molar-refractivity contribution in [1.29, 1.82) is 0 Å². The number of amides is 1. The van der Waals surface area contributed by atoms with E-state index in [1.807, 2.05) is 0 Å². The third kappa shape index (κ3) is 55.9. The molecule has 0 aliphatic heterocycles. The molecule has 0 saturated carbocycles. The Morgan fingerprint density at radius 2 is 0.671 bits per heavy atom. The lowest BCUT2D eigenvalue weighted by Crippen LogP contribution is -2.45. The van der Waals surface area contributed by atoms with E-state index in [1.54, 1.807) is 0 Å². The van der Waals surface area contributed by atoms with Gasteiger partial charge in [0.2, 0.25) is 5.91 Å². The van der Waals surface area contributed by atoms with E-state index in [0.717, 1.165) is 64.2 Å². The van der Waals surface area contributed by atoms with Crippen molar-refractivity contribution in [2.24, 2.45) is 0 Å². The fourth-order valence-corrected chi connectivity index (χ4v) is 10.2. The Morgan fingerprint density at radius 1 is 0.386 bits per heavy atom. The first-order valence-electron chi connectivity index (χ1n) is 31.9. The van der Waals surface area contributed by atoms with Crippen LogP contribution in [0.3, 0.4) is 0 Å². The Kier molecular flexibility index (Phi) is 59.0. The maximum Gasteiger partial charge on any atom is 0.305 e. The van der Waals surface area contributed by atoms with Gasteiger partial charge in [0.25, 0.3) is 0 Å². The maximum absolute atomic E-state index is 12.5. The topological polar surface area (TPSA) is 95.9 Å². The van der Waals surface area contributed by atoms with Gasteiger partial charge < -0.3 is 20.3 Å². The molecule has 0 bridgehead atoms. The van der Waals surface area contributed by atoms with Gasteiger partial charge in [-0.05, 0) is 51.4 Å². The number of hydrogen-bond donors (Lipinski definition) is 3. The summed E-state index contributed by atoms with van der Waals surface area (Å²) in [5, 5.41) is 23.4. The van der Waals surface area contributed by atoms with Gasteiger partial charge in [0.05, 0.1) is 25.4 Å². The van der Waals surface area contributed by atoms with Crippen LogP contribution in [0.4, 0.5) is 0 Å². The van der Waals surface area contributed by atoms with Crippen molar-refractivity contribution >= 4 is 11.9 Å². The lowest BCUT2D eigenvalue weighted by atomic mass is 10.0. The van der Waals surface area contributed by atoms with Gasteiger partial charge in [-0.3, -0.25) is 9.59 Å². The third-order valence-electron chi connectivity index (χ3n) is 15.1. The van der Waals surface area contributed by atoms with E-state index in [2.05, 4.69) is 31.3 Å². The minimum absolute atomic E-state index is 0.00178. The fraction of sp³-hybridized carbons (Fsp3) is 0.938. The van der Waals surface area contributed by atoms with Crippen LogP contribution < -0.4 is 5.32 Å². The lowest BCUT2D eigenvalue weighted by Gasteiger charge is -2.22. The molecule has 6 heteroatoms. The Morgan fingerprint density at radius 3 is 1.01 bits per heavy atom. The molecule has 0 aromatic carbocycles. The molecule has 0 aliphatic rings. The number of allylic oxidation sites excluding steroid dienone is 2. The van der Waals surface area contributed by atoms with Gasteiger partial charge in [0.15, 0.2) is 0 Å². The summed E-state index contributed by atoms with van der Waals surface area (Å²) >= 11 is 0. The van der Waals surface area contributed by atoms with Crippen molar-refractivity contribution in [3.05, 3.63) is 12.2 Å². The zero-order valence-electron chi connectivity index (χ0n) is 47.5. The standard InChI is InChI=1S/C64H125NO5/c1-3-5-7-9-11-13-15-17-19-21-22-23-24-25-28-32-36-40-44-48-52-56-62(67)61(60-66)65-63(68)57-53-49-45-41-37-33-29-26-27-31-35-39-43-47-51-55-59-70-64(69)58-54-50-46-42-38-34-30-20-18-16-14-12-10-8-6-4-2/h26,29,61-62,66-67H,3-25,27-28,30-60H2,1-2H3,(H,65,68)/b29-26-. The highest BCUT2D eigenvalue weighted by atomic mass is 16.5. The summed E-state index contributed by atoms with van der Waals surface area (Å²) in [6, 6.07) is -0.554. The average Bonchev–Trinajstić information content (AvgIpc) is 3.36. The number of unbranched alkanes of at least 4 members (excludes halogenated alkanes) is 47. The van der Waals surface area contributed by atoms with E-state index in [9.17, 15) is 19.8 Å². The summed E-state index contributed by atoms with van der Waals surface area (Å²) in [7, 11) is 0. The quantitative estimate of drug-likeness (QED) is 0.0321. The maximum atomic E-state index is 12.5. The molecule has 0 spiro atoms. The van der Waals surface area contributed by atoms with Crippen molar-refractivity contribution < 1.29 is 24.5 Å². The predicted molar refractivity (Wildman–Crippen MR) is 306 cm³/mol. The largest absolute Gasteiger partial charge is 0.466 e. The fourth-order valence-electron chi connectivity index (χ4n) is 10.2. The monoisotopic (exact) mass is 988 g/mol. The molecule has 6 nitrogen and oxygen atoms in total. The molecule has 0 fully saturated rings. The number of aliphatic hydroxyl groups excluding tert-OH is 2. The number of ether oxygens (including phenoxy) is 1.